The number of carbonyl (C=O) groups is 1. The number of H-pyrrole nitrogens is 1. The van der Waals surface area contributed by atoms with E-state index >= 15 is 0 Å². The number of aldehydes is 1. The summed E-state index contributed by atoms with van der Waals surface area (Å²) in [5.74, 6) is 0.378. The summed E-state index contributed by atoms with van der Waals surface area (Å²) >= 11 is 0. The molecule has 1 heterocycles. The molecule has 4 heteroatoms. The number of rotatable bonds is 2. The van der Waals surface area contributed by atoms with Crippen LogP contribution in [0, 0.1) is 0 Å². The van der Waals surface area contributed by atoms with Crippen molar-refractivity contribution >= 4 is 22.9 Å². The molecule has 2 aromatic rings. The molecule has 0 fully saturated rings. The van der Waals surface area contributed by atoms with Gasteiger partial charge in [0, 0.05) is 0 Å². The average molecular weight is 188 g/mol. The Morgan fingerprint density at radius 3 is 2.86 bits per heavy atom. The maximum Gasteiger partial charge on any atom is 0.156 e. The summed E-state index contributed by atoms with van der Waals surface area (Å²) in [5.41, 5.74) is 1.74. The maximum absolute atomic E-state index is 10.5. The molecule has 0 saturated carbocycles. The molecule has 0 saturated heterocycles. The number of benzene rings is 1. The van der Waals surface area contributed by atoms with Crippen molar-refractivity contribution in [2.24, 2.45) is 0 Å². The zero-order chi connectivity index (χ0) is 9.97. The number of hydrogen-bond acceptors (Lipinski definition) is 3. The molecular weight excluding hydrogens is 180 g/mol. The molecule has 0 unspecified atom stereocenters. The topological polar surface area (TPSA) is 66.0 Å². The minimum absolute atomic E-state index is 0.140. The molecular formula is C10H8N2O2. The van der Waals surface area contributed by atoms with E-state index in [2.05, 4.69) is 9.97 Å². The zero-order valence-electron chi connectivity index (χ0n) is 7.27. The fourth-order valence-corrected chi connectivity index (χ4v) is 1.24. The van der Waals surface area contributed by atoms with E-state index in [0.717, 1.165) is 17.3 Å². The molecule has 0 radical (unpaired) electrons. The number of imidazole rings is 1. The molecule has 0 spiro atoms. The molecule has 0 amide bonds. The second kappa shape index (κ2) is 3.33. The van der Waals surface area contributed by atoms with Gasteiger partial charge in [0.25, 0.3) is 0 Å². The highest BCUT2D eigenvalue weighted by atomic mass is 16.2. The fraction of sp³-hybridized carbons (Fsp3) is 0. The number of nitrogens with zero attached hydrogens (tertiary/aromatic N) is 1. The minimum Gasteiger partial charge on any atom is -0.515 e. The highest BCUT2D eigenvalue weighted by Crippen LogP contribution is 2.14. The predicted octanol–water partition coefficient (Wildman–Crippen LogP) is 1.66. The van der Waals surface area contributed by atoms with Gasteiger partial charge in [0.15, 0.2) is 6.29 Å². The van der Waals surface area contributed by atoms with Gasteiger partial charge in [-0.15, -0.1) is 0 Å². The fourth-order valence-electron chi connectivity index (χ4n) is 1.24. The van der Waals surface area contributed by atoms with E-state index in [9.17, 15) is 4.79 Å². The van der Waals surface area contributed by atoms with Gasteiger partial charge in [-0.3, -0.25) is 4.79 Å². The van der Waals surface area contributed by atoms with Crippen molar-refractivity contribution in [2.45, 2.75) is 0 Å². The number of aliphatic hydroxyl groups is 1. The lowest BCUT2D eigenvalue weighted by atomic mass is 10.3. The van der Waals surface area contributed by atoms with Gasteiger partial charge >= 0.3 is 0 Å². The van der Waals surface area contributed by atoms with Crippen molar-refractivity contribution < 1.29 is 9.90 Å². The lowest BCUT2D eigenvalue weighted by Gasteiger charge is -1.88. The van der Waals surface area contributed by atoms with Crippen molar-refractivity contribution in [3.63, 3.8) is 0 Å². The standard InChI is InChI=1S/C10H8N2O2/c13-5-7(6-14)10-11-8-3-1-2-4-9(8)12-10/h1-6,13H,(H,11,12)/b7-5+. The number of allylic oxidation sites excluding steroid dienone is 1. The molecule has 0 aliphatic heterocycles. The van der Waals surface area contributed by atoms with E-state index in [1.807, 2.05) is 24.3 Å². The van der Waals surface area contributed by atoms with Gasteiger partial charge < -0.3 is 10.1 Å². The molecule has 0 aliphatic carbocycles. The van der Waals surface area contributed by atoms with Crippen LogP contribution in [0.5, 0.6) is 0 Å². The number of aromatic nitrogens is 2. The summed E-state index contributed by atoms with van der Waals surface area (Å²) in [6.45, 7) is 0. The Bertz CT molecular complexity index is 467. The SMILES string of the molecule is O=C/C(=C\O)c1nc2ccccc2[nH]1. The van der Waals surface area contributed by atoms with Crippen LogP contribution in [0.4, 0.5) is 0 Å². The van der Waals surface area contributed by atoms with Crippen LogP contribution in [0.25, 0.3) is 16.6 Å². The van der Waals surface area contributed by atoms with Gasteiger partial charge in [0.2, 0.25) is 0 Å². The minimum atomic E-state index is 0.140. The van der Waals surface area contributed by atoms with Crippen LogP contribution in [-0.4, -0.2) is 21.4 Å². The molecule has 0 aliphatic rings. The number of aromatic amines is 1. The van der Waals surface area contributed by atoms with E-state index in [1.165, 1.54) is 0 Å². The van der Waals surface area contributed by atoms with Crippen LogP contribution in [0.15, 0.2) is 30.5 Å². The summed E-state index contributed by atoms with van der Waals surface area (Å²) in [5, 5.41) is 8.75. The van der Waals surface area contributed by atoms with E-state index in [-0.39, 0.29) is 5.57 Å². The van der Waals surface area contributed by atoms with Gasteiger partial charge in [-0.25, -0.2) is 4.98 Å². The summed E-state index contributed by atoms with van der Waals surface area (Å²) in [6, 6.07) is 7.41. The van der Waals surface area contributed by atoms with Crippen LogP contribution in [0.2, 0.25) is 0 Å². The number of carbonyl (C=O) groups excluding carboxylic acids is 1. The molecule has 1 aromatic carbocycles. The second-order valence-electron chi connectivity index (χ2n) is 2.80. The van der Waals surface area contributed by atoms with Crippen LogP contribution in [0.3, 0.4) is 0 Å². The highest BCUT2D eigenvalue weighted by molar-refractivity contribution is 6.05. The normalized spacial score (nSPS) is 11.9. The second-order valence-corrected chi connectivity index (χ2v) is 2.80. The van der Waals surface area contributed by atoms with Gasteiger partial charge in [0.1, 0.15) is 5.82 Å². The molecule has 0 atom stereocenters. The third kappa shape index (κ3) is 1.26. The van der Waals surface area contributed by atoms with Gasteiger partial charge in [-0.2, -0.15) is 0 Å². The molecule has 70 valence electrons. The third-order valence-corrected chi connectivity index (χ3v) is 1.93. The van der Waals surface area contributed by atoms with Gasteiger partial charge in [-0.1, -0.05) is 12.1 Å². The first-order valence-electron chi connectivity index (χ1n) is 4.10. The first kappa shape index (κ1) is 8.50. The van der Waals surface area contributed by atoms with E-state index in [0.29, 0.717) is 12.1 Å². The molecule has 4 nitrogen and oxygen atoms in total. The average Bonchev–Trinajstić information content (AvgIpc) is 2.63. The number of hydrogen-bond donors (Lipinski definition) is 2. The smallest absolute Gasteiger partial charge is 0.156 e. The van der Waals surface area contributed by atoms with Crippen molar-refractivity contribution in [3.8, 4) is 0 Å². The Labute approximate surface area is 79.9 Å². The largest absolute Gasteiger partial charge is 0.515 e. The maximum atomic E-state index is 10.5. The van der Waals surface area contributed by atoms with Gasteiger partial charge in [0.05, 0.1) is 22.9 Å². The molecule has 0 bridgehead atoms. The van der Waals surface area contributed by atoms with Crippen LogP contribution in [0.1, 0.15) is 5.82 Å². The van der Waals surface area contributed by atoms with Crippen molar-refractivity contribution in [1.82, 2.24) is 9.97 Å². The third-order valence-electron chi connectivity index (χ3n) is 1.93. The van der Waals surface area contributed by atoms with Crippen molar-refractivity contribution in [2.75, 3.05) is 0 Å². The Kier molecular flexibility index (Phi) is 2.02. The van der Waals surface area contributed by atoms with Crippen LogP contribution >= 0.6 is 0 Å². The van der Waals surface area contributed by atoms with Gasteiger partial charge in [-0.05, 0) is 12.1 Å². The Morgan fingerprint density at radius 1 is 1.43 bits per heavy atom. The number of nitrogens with one attached hydrogen (secondary N) is 1. The molecule has 2 N–H and O–H groups in total. The van der Waals surface area contributed by atoms with E-state index in [1.54, 1.807) is 0 Å². The van der Waals surface area contributed by atoms with Crippen molar-refractivity contribution in [1.29, 1.82) is 0 Å². The number of aliphatic hydroxyl groups excluding tert-OH is 1. The Hall–Kier alpha value is -2.10. The lowest BCUT2D eigenvalue weighted by Crippen LogP contribution is -1.87. The van der Waals surface area contributed by atoms with Crippen molar-refractivity contribution in [3.05, 3.63) is 36.4 Å². The number of para-hydroxylation sites is 2. The highest BCUT2D eigenvalue weighted by Gasteiger charge is 2.06. The van der Waals surface area contributed by atoms with Crippen LogP contribution in [-0.2, 0) is 4.79 Å². The Morgan fingerprint density at radius 2 is 2.21 bits per heavy atom. The van der Waals surface area contributed by atoms with Crippen LogP contribution < -0.4 is 0 Å². The van der Waals surface area contributed by atoms with E-state index < -0.39 is 0 Å². The monoisotopic (exact) mass is 188 g/mol. The summed E-state index contributed by atoms with van der Waals surface area (Å²) in [4.78, 5) is 17.6. The Balaban J connectivity index is 2.60. The predicted molar refractivity (Wildman–Crippen MR) is 52.8 cm³/mol. The lowest BCUT2D eigenvalue weighted by molar-refractivity contribution is -0.103. The molecule has 14 heavy (non-hydrogen) atoms. The number of fused-ring (bicyclic) bond motifs is 1. The summed E-state index contributed by atoms with van der Waals surface area (Å²) in [7, 11) is 0. The quantitative estimate of drug-likeness (QED) is 0.428. The zero-order valence-corrected chi connectivity index (χ0v) is 7.27. The van der Waals surface area contributed by atoms with E-state index in [4.69, 9.17) is 5.11 Å². The first-order chi connectivity index (χ1) is 6.85. The first-order valence-corrected chi connectivity index (χ1v) is 4.10. The summed E-state index contributed by atoms with van der Waals surface area (Å²) < 4.78 is 0. The molecule has 2 rings (SSSR count). The summed E-state index contributed by atoms with van der Waals surface area (Å²) in [6.07, 6.45) is 1.29. The molecule has 1 aromatic heterocycles.